The molecule has 0 radical (unpaired) electrons. The average molecular weight is 327 g/mol. The zero-order valence-corrected chi connectivity index (χ0v) is 12.0. The SMILES string of the molecule is COc1nc(SCCS(C)(=O)=O)ncc1Br. The summed E-state index contributed by atoms with van der Waals surface area (Å²) in [6, 6.07) is 0. The second-order valence-electron chi connectivity index (χ2n) is 2.99. The summed E-state index contributed by atoms with van der Waals surface area (Å²) in [5.41, 5.74) is 0. The number of ether oxygens (including phenoxy) is 1. The fourth-order valence-corrected chi connectivity index (χ4v) is 3.19. The first kappa shape index (κ1) is 13.7. The lowest BCUT2D eigenvalue weighted by Gasteiger charge is -2.03. The van der Waals surface area contributed by atoms with Crippen LogP contribution in [-0.4, -0.2) is 43.3 Å². The van der Waals surface area contributed by atoms with Gasteiger partial charge >= 0.3 is 0 Å². The Kier molecular flexibility index (Phi) is 5.00. The Hall–Kier alpha value is -0.340. The number of sulfone groups is 1. The van der Waals surface area contributed by atoms with Crippen molar-refractivity contribution < 1.29 is 13.2 Å². The van der Waals surface area contributed by atoms with Gasteiger partial charge in [0.1, 0.15) is 9.84 Å². The molecule has 0 spiro atoms. The van der Waals surface area contributed by atoms with Gasteiger partial charge in [0.05, 0.1) is 17.3 Å². The molecule has 5 nitrogen and oxygen atoms in total. The van der Waals surface area contributed by atoms with E-state index in [9.17, 15) is 8.42 Å². The first-order valence-electron chi connectivity index (χ1n) is 4.29. The molecule has 8 heteroatoms. The summed E-state index contributed by atoms with van der Waals surface area (Å²) in [5.74, 6) is 0.986. The van der Waals surface area contributed by atoms with Crippen LogP contribution in [0, 0.1) is 0 Å². The molecule has 0 amide bonds. The number of nitrogens with zero attached hydrogens (tertiary/aromatic N) is 2. The van der Waals surface area contributed by atoms with Crippen molar-refractivity contribution in [3.63, 3.8) is 0 Å². The van der Waals surface area contributed by atoms with E-state index in [1.165, 1.54) is 25.1 Å². The molecule has 0 aliphatic carbocycles. The smallest absolute Gasteiger partial charge is 0.231 e. The van der Waals surface area contributed by atoms with Crippen LogP contribution in [0.3, 0.4) is 0 Å². The summed E-state index contributed by atoms with van der Waals surface area (Å²) in [6.45, 7) is 0. The molecule has 0 fully saturated rings. The molecule has 0 saturated heterocycles. The number of methoxy groups -OCH3 is 1. The van der Waals surface area contributed by atoms with Crippen molar-refractivity contribution >= 4 is 37.5 Å². The maximum Gasteiger partial charge on any atom is 0.231 e. The van der Waals surface area contributed by atoms with Gasteiger partial charge in [0.15, 0.2) is 5.16 Å². The van der Waals surface area contributed by atoms with Crippen LogP contribution in [-0.2, 0) is 9.84 Å². The van der Waals surface area contributed by atoms with Crippen LogP contribution in [0.2, 0.25) is 0 Å². The molecule has 1 aromatic rings. The Labute approximate surface area is 107 Å². The third-order valence-corrected chi connectivity index (χ3v) is 4.18. The zero-order valence-electron chi connectivity index (χ0n) is 8.81. The fourth-order valence-electron chi connectivity index (χ4n) is 0.833. The molecule has 0 atom stereocenters. The standard InChI is InChI=1S/C8H11BrN2O3S2/c1-14-7-6(9)5-10-8(11-7)15-3-4-16(2,12)13/h5H,3-4H2,1-2H3. The Morgan fingerprint density at radius 3 is 2.81 bits per heavy atom. The summed E-state index contributed by atoms with van der Waals surface area (Å²) in [6.07, 6.45) is 2.78. The number of hydrogen-bond acceptors (Lipinski definition) is 6. The average Bonchev–Trinajstić information content (AvgIpc) is 2.18. The van der Waals surface area contributed by atoms with Crippen molar-refractivity contribution in [3.8, 4) is 5.88 Å². The molecule has 0 aromatic carbocycles. The van der Waals surface area contributed by atoms with Gasteiger partial charge in [-0.2, -0.15) is 4.98 Å². The lowest BCUT2D eigenvalue weighted by Crippen LogP contribution is -2.05. The molecule has 16 heavy (non-hydrogen) atoms. The highest BCUT2D eigenvalue weighted by molar-refractivity contribution is 9.10. The number of rotatable bonds is 5. The molecule has 0 N–H and O–H groups in total. The van der Waals surface area contributed by atoms with Gasteiger partial charge in [-0.05, 0) is 15.9 Å². The summed E-state index contributed by atoms with van der Waals surface area (Å²) >= 11 is 4.52. The fraction of sp³-hybridized carbons (Fsp3) is 0.500. The van der Waals surface area contributed by atoms with Crippen molar-refractivity contribution in [1.82, 2.24) is 9.97 Å². The van der Waals surface area contributed by atoms with Crippen molar-refractivity contribution in [2.24, 2.45) is 0 Å². The molecule has 0 bridgehead atoms. The molecule has 1 aromatic heterocycles. The van der Waals surface area contributed by atoms with Crippen molar-refractivity contribution in [2.75, 3.05) is 24.9 Å². The van der Waals surface area contributed by atoms with Gasteiger partial charge in [-0.3, -0.25) is 0 Å². The zero-order chi connectivity index (χ0) is 12.2. The first-order valence-corrected chi connectivity index (χ1v) is 8.13. The number of thioether (sulfide) groups is 1. The molecule has 90 valence electrons. The maximum absolute atomic E-state index is 10.9. The predicted octanol–water partition coefficient (Wildman–Crippen LogP) is 1.38. The van der Waals surface area contributed by atoms with Gasteiger partial charge in [0, 0.05) is 18.2 Å². The van der Waals surface area contributed by atoms with Crippen LogP contribution in [0.5, 0.6) is 5.88 Å². The van der Waals surface area contributed by atoms with Gasteiger partial charge in [0.2, 0.25) is 5.88 Å². The quantitative estimate of drug-likeness (QED) is 0.601. The van der Waals surface area contributed by atoms with Gasteiger partial charge in [-0.25, -0.2) is 13.4 Å². The van der Waals surface area contributed by atoms with Crippen LogP contribution in [0.4, 0.5) is 0 Å². The molecule has 0 unspecified atom stereocenters. The minimum absolute atomic E-state index is 0.111. The Balaban J connectivity index is 2.61. The van der Waals surface area contributed by atoms with E-state index in [0.29, 0.717) is 21.3 Å². The van der Waals surface area contributed by atoms with Gasteiger partial charge in [-0.1, -0.05) is 11.8 Å². The minimum atomic E-state index is -2.94. The molecular formula is C8H11BrN2O3S2. The third kappa shape index (κ3) is 4.67. The largest absolute Gasteiger partial charge is 0.480 e. The van der Waals surface area contributed by atoms with Crippen molar-refractivity contribution in [3.05, 3.63) is 10.7 Å². The maximum atomic E-state index is 10.9. The summed E-state index contributed by atoms with van der Waals surface area (Å²) in [7, 11) is -1.42. The monoisotopic (exact) mass is 326 g/mol. The van der Waals surface area contributed by atoms with E-state index in [1.54, 1.807) is 6.20 Å². The highest BCUT2D eigenvalue weighted by Gasteiger charge is 2.07. The van der Waals surface area contributed by atoms with E-state index in [0.717, 1.165) is 0 Å². The van der Waals surface area contributed by atoms with Crippen LogP contribution in [0.25, 0.3) is 0 Å². The van der Waals surface area contributed by atoms with Crippen molar-refractivity contribution in [2.45, 2.75) is 5.16 Å². The number of halogens is 1. The third-order valence-electron chi connectivity index (χ3n) is 1.57. The lowest BCUT2D eigenvalue weighted by molar-refractivity contribution is 0.389. The summed E-state index contributed by atoms with van der Waals surface area (Å²) in [4.78, 5) is 8.13. The van der Waals surface area contributed by atoms with E-state index in [1.807, 2.05) is 0 Å². The minimum Gasteiger partial charge on any atom is -0.480 e. The number of hydrogen-bond donors (Lipinski definition) is 0. The molecule has 0 aliphatic rings. The highest BCUT2D eigenvalue weighted by atomic mass is 79.9. The Bertz CT molecular complexity index is 464. The number of aromatic nitrogens is 2. The molecular weight excluding hydrogens is 316 g/mol. The van der Waals surface area contributed by atoms with E-state index in [-0.39, 0.29) is 5.75 Å². The second-order valence-corrected chi connectivity index (χ2v) is 7.16. The van der Waals surface area contributed by atoms with E-state index in [2.05, 4.69) is 25.9 Å². The van der Waals surface area contributed by atoms with Gasteiger partial charge < -0.3 is 4.74 Å². The normalized spacial score (nSPS) is 11.4. The first-order chi connectivity index (χ1) is 7.42. The second kappa shape index (κ2) is 5.83. The predicted molar refractivity (Wildman–Crippen MR) is 66.7 cm³/mol. The molecule has 0 aliphatic heterocycles. The van der Waals surface area contributed by atoms with E-state index >= 15 is 0 Å². The van der Waals surface area contributed by atoms with Crippen LogP contribution in [0.15, 0.2) is 15.8 Å². The molecule has 1 rings (SSSR count). The lowest BCUT2D eigenvalue weighted by atomic mass is 10.6. The highest BCUT2D eigenvalue weighted by Crippen LogP contribution is 2.24. The van der Waals surface area contributed by atoms with E-state index in [4.69, 9.17) is 4.74 Å². The van der Waals surface area contributed by atoms with Crippen LogP contribution in [0.1, 0.15) is 0 Å². The van der Waals surface area contributed by atoms with Crippen LogP contribution >= 0.6 is 27.7 Å². The van der Waals surface area contributed by atoms with Gasteiger partial charge in [-0.15, -0.1) is 0 Å². The van der Waals surface area contributed by atoms with E-state index < -0.39 is 9.84 Å². The Morgan fingerprint density at radius 2 is 2.25 bits per heavy atom. The van der Waals surface area contributed by atoms with Gasteiger partial charge in [0.25, 0.3) is 0 Å². The summed E-state index contributed by atoms with van der Waals surface area (Å²) < 4.78 is 27.5. The molecule has 0 saturated carbocycles. The summed E-state index contributed by atoms with van der Waals surface area (Å²) in [5, 5.41) is 0.503. The van der Waals surface area contributed by atoms with Crippen LogP contribution < -0.4 is 4.74 Å². The van der Waals surface area contributed by atoms with Crippen molar-refractivity contribution in [1.29, 1.82) is 0 Å². The Morgan fingerprint density at radius 1 is 1.56 bits per heavy atom. The topological polar surface area (TPSA) is 69.2 Å². The molecule has 1 heterocycles.